The van der Waals surface area contributed by atoms with Crippen LogP contribution < -0.4 is 10.6 Å². The Morgan fingerprint density at radius 2 is 1.84 bits per heavy atom. The maximum atomic E-state index is 13.0. The summed E-state index contributed by atoms with van der Waals surface area (Å²) in [6.07, 6.45) is 0.0166. The van der Waals surface area contributed by atoms with Crippen LogP contribution in [0.2, 0.25) is 0 Å². The molecule has 1 unspecified atom stereocenters. The number of thioether (sulfide) groups is 1. The van der Waals surface area contributed by atoms with Crippen molar-refractivity contribution in [2.45, 2.75) is 18.6 Å². The first-order valence-corrected chi connectivity index (χ1v) is 10.5. The molecule has 1 aliphatic rings. The quantitative estimate of drug-likeness (QED) is 0.474. The number of carbonyl (C=O) groups excluding carboxylic acids is 2. The van der Waals surface area contributed by atoms with Gasteiger partial charge >= 0.3 is 0 Å². The summed E-state index contributed by atoms with van der Waals surface area (Å²) in [6, 6.07) is 19.4. The molecule has 0 radical (unpaired) electrons. The Hall–Kier alpha value is -3.52. The second-order valence-electron chi connectivity index (χ2n) is 6.97. The van der Waals surface area contributed by atoms with E-state index in [0.29, 0.717) is 11.4 Å². The molecule has 0 spiro atoms. The molecule has 1 atom stereocenters. The second-order valence-corrected chi connectivity index (χ2v) is 8.16. The molecule has 156 valence electrons. The molecule has 6 nitrogen and oxygen atoms in total. The molecule has 4 rings (SSSR count). The van der Waals surface area contributed by atoms with Gasteiger partial charge in [0.15, 0.2) is 5.17 Å². The number of amides is 2. The minimum atomic E-state index is -0.661. The number of hydrogen-bond acceptors (Lipinski definition) is 5. The molecular weight excluding hydrogens is 415 g/mol. The normalized spacial score (nSPS) is 18.1. The molecule has 1 heterocycles. The van der Waals surface area contributed by atoms with E-state index in [-0.39, 0.29) is 23.4 Å². The van der Waals surface area contributed by atoms with Gasteiger partial charge in [-0.2, -0.15) is 5.10 Å². The zero-order chi connectivity index (χ0) is 21.8. The fourth-order valence-corrected chi connectivity index (χ4v) is 4.14. The number of benzene rings is 3. The molecule has 1 saturated heterocycles. The van der Waals surface area contributed by atoms with Gasteiger partial charge < -0.3 is 10.6 Å². The summed E-state index contributed by atoms with van der Waals surface area (Å²) in [7, 11) is 0. The molecule has 8 heteroatoms. The van der Waals surface area contributed by atoms with Gasteiger partial charge in [0.25, 0.3) is 0 Å². The zero-order valence-electron chi connectivity index (χ0n) is 16.6. The van der Waals surface area contributed by atoms with E-state index < -0.39 is 11.1 Å². The van der Waals surface area contributed by atoms with Gasteiger partial charge in [0, 0.05) is 17.7 Å². The molecule has 3 aromatic carbocycles. The largest absolute Gasteiger partial charge is 0.325 e. The van der Waals surface area contributed by atoms with Crippen molar-refractivity contribution >= 4 is 50.9 Å². The van der Waals surface area contributed by atoms with Crippen molar-refractivity contribution in [1.82, 2.24) is 5.32 Å². The van der Waals surface area contributed by atoms with E-state index in [1.54, 1.807) is 0 Å². The van der Waals surface area contributed by atoms with Gasteiger partial charge in [-0.05, 0) is 42.0 Å². The summed E-state index contributed by atoms with van der Waals surface area (Å²) in [5.41, 5.74) is 2.10. The number of carbonyl (C=O) groups is 2. The monoisotopic (exact) mass is 434 g/mol. The summed E-state index contributed by atoms with van der Waals surface area (Å²) < 4.78 is 13.0. The fourth-order valence-electron chi connectivity index (χ4n) is 3.21. The maximum Gasteiger partial charge on any atom is 0.238 e. The van der Waals surface area contributed by atoms with Crippen LogP contribution in [0.1, 0.15) is 18.9 Å². The van der Waals surface area contributed by atoms with E-state index in [4.69, 9.17) is 0 Å². The van der Waals surface area contributed by atoms with Crippen molar-refractivity contribution in [3.05, 3.63) is 78.1 Å². The second kappa shape index (κ2) is 9.09. The zero-order valence-corrected chi connectivity index (χ0v) is 17.4. The first-order valence-electron chi connectivity index (χ1n) is 9.63. The first kappa shape index (κ1) is 20.7. The fraction of sp³-hybridized carbons (Fsp3) is 0.130. The Morgan fingerprint density at radius 1 is 1.10 bits per heavy atom. The highest BCUT2D eigenvalue weighted by Gasteiger charge is 2.30. The van der Waals surface area contributed by atoms with E-state index in [9.17, 15) is 14.0 Å². The van der Waals surface area contributed by atoms with Gasteiger partial charge in [-0.15, -0.1) is 5.10 Å². The Kier molecular flexibility index (Phi) is 6.08. The molecule has 2 N–H and O–H groups in total. The van der Waals surface area contributed by atoms with E-state index >= 15 is 0 Å². The molecule has 0 bridgehead atoms. The van der Waals surface area contributed by atoms with Gasteiger partial charge in [-0.3, -0.25) is 9.59 Å². The molecule has 0 aromatic heterocycles. The third-order valence-electron chi connectivity index (χ3n) is 4.75. The third kappa shape index (κ3) is 4.97. The Morgan fingerprint density at radius 3 is 2.65 bits per heavy atom. The number of fused-ring (bicyclic) bond motifs is 1. The van der Waals surface area contributed by atoms with Crippen molar-refractivity contribution in [1.29, 1.82) is 0 Å². The Labute approximate surface area is 182 Å². The molecule has 2 amide bonds. The molecule has 1 aliphatic heterocycles. The molecule has 3 aromatic rings. The predicted molar refractivity (Wildman–Crippen MR) is 123 cm³/mol. The summed E-state index contributed by atoms with van der Waals surface area (Å²) >= 11 is 1.13. The highest BCUT2D eigenvalue weighted by atomic mass is 32.2. The topological polar surface area (TPSA) is 82.9 Å². The number of nitrogens with one attached hydrogen (secondary N) is 2. The minimum Gasteiger partial charge on any atom is -0.325 e. The Balaban J connectivity index is 1.51. The number of halogens is 1. The molecular formula is C23H19FN4O2S. The van der Waals surface area contributed by atoms with E-state index in [1.165, 1.54) is 24.3 Å². The smallest absolute Gasteiger partial charge is 0.238 e. The number of anilines is 1. The van der Waals surface area contributed by atoms with Crippen LogP contribution in [0, 0.1) is 5.82 Å². The lowest BCUT2D eigenvalue weighted by atomic mass is 10.0. The lowest BCUT2D eigenvalue weighted by molar-refractivity contribution is -0.123. The van der Waals surface area contributed by atoms with E-state index in [2.05, 4.69) is 20.8 Å². The molecule has 0 saturated carbocycles. The van der Waals surface area contributed by atoms with Crippen LogP contribution in [0.25, 0.3) is 10.8 Å². The van der Waals surface area contributed by atoms with Gasteiger partial charge in [0.2, 0.25) is 11.8 Å². The van der Waals surface area contributed by atoms with Crippen molar-refractivity contribution in [3.63, 3.8) is 0 Å². The van der Waals surface area contributed by atoms with Gasteiger partial charge in [0.1, 0.15) is 11.1 Å². The number of nitrogens with zero attached hydrogens (tertiary/aromatic N) is 2. The summed E-state index contributed by atoms with van der Waals surface area (Å²) in [5.74, 6) is -1.05. The lowest BCUT2D eigenvalue weighted by Gasteiger charge is -2.21. The van der Waals surface area contributed by atoms with E-state index in [1.807, 2.05) is 49.4 Å². The predicted octanol–water partition coefficient (Wildman–Crippen LogP) is 4.32. The van der Waals surface area contributed by atoms with Crippen LogP contribution >= 0.6 is 11.8 Å². The number of amidine groups is 1. The van der Waals surface area contributed by atoms with Gasteiger partial charge in [-0.25, -0.2) is 4.39 Å². The van der Waals surface area contributed by atoms with E-state index in [0.717, 1.165) is 28.1 Å². The summed E-state index contributed by atoms with van der Waals surface area (Å²) in [5, 5.41) is 15.6. The number of rotatable bonds is 4. The average Bonchev–Trinajstić information content (AvgIpc) is 2.78. The van der Waals surface area contributed by atoms with Crippen molar-refractivity contribution in [2.24, 2.45) is 10.2 Å². The molecule has 0 aliphatic carbocycles. The summed E-state index contributed by atoms with van der Waals surface area (Å²) in [6.45, 7) is 1.85. The van der Waals surface area contributed by atoms with Crippen LogP contribution in [-0.2, 0) is 9.59 Å². The number of hydrogen-bond donors (Lipinski definition) is 2. The minimum absolute atomic E-state index is 0.0166. The van der Waals surface area contributed by atoms with Crippen LogP contribution in [0.3, 0.4) is 0 Å². The van der Waals surface area contributed by atoms with Crippen LogP contribution in [0.4, 0.5) is 10.1 Å². The van der Waals surface area contributed by atoms with Crippen molar-refractivity contribution < 1.29 is 14.0 Å². The molecule has 31 heavy (non-hydrogen) atoms. The van der Waals surface area contributed by atoms with Gasteiger partial charge in [0.05, 0.1) is 5.71 Å². The first-order chi connectivity index (χ1) is 15.0. The standard InChI is InChI=1S/C23H19FN4O2S/c1-14(18-8-4-6-15-5-2-3-7-19(15)18)27-28-23-26-21(29)13-20(31-23)22(30)25-17-11-9-16(24)10-12-17/h2-12,20H,13H2,1H3,(H,25,30)(H,26,28,29). The average molecular weight is 434 g/mol. The van der Waals surface area contributed by atoms with Crippen LogP contribution in [0.5, 0.6) is 0 Å². The maximum absolute atomic E-state index is 13.0. The highest BCUT2D eigenvalue weighted by molar-refractivity contribution is 8.15. The highest BCUT2D eigenvalue weighted by Crippen LogP contribution is 2.23. The lowest BCUT2D eigenvalue weighted by Crippen LogP contribution is -2.41. The van der Waals surface area contributed by atoms with Gasteiger partial charge in [-0.1, -0.05) is 54.2 Å². The SMILES string of the molecule is CC(=N/N=C1\NC(=O)CC(C(=O)Nc2ccc(F)cc2)S1)c1cccc2ccccc12. The summed E-state index contributed by atoms with van der Waals surface area (Å²) in [4.78, 5) is 24.6. The van der Waals surface area contributed by atoms with Crippen LogP contribution in [0.15, 0.2) is 76.9 Å². The third-order valence-corrected chi connectivity index (χ3v) is 5.82. The van der Waals surface area contributed by atoms with Crippen molar-refractivity contribution in [2.75, 3.05) is 5.32 Å². The molecule has 1 fully saturated rings. The Bertz CT molecular complexity index is 1200. The van der Waals surface area contributed by atoms with Crippen molar-refractivity contribution in [3.8, 4) is 0 Å². The van der Waals surface area contributed by atoms with Crippen LogP contribution in [-0.4, -0.2) is 27.9 Å².